The second-order valence-corrected chi connectivity index (χ2v) is 7.17. The third-order valence-electron chi connectivity index (χ3n) is 3.79. The molecule has 0 bridgehead atoms. The number of fused-ring (bicyclic) bond motifs is 1. The van der Waals surface area contributed by atoms with E-state index >= 15 is 0 Å². The lowest BCUT2D eigenvalue weighted by molar-refractivity contribution is -0.274. The average molecular weight is 453 g/mol. The van der Waals surface area contributed by atoms with Gasteiger partial charge in [-0.2, -0.15) is 0 Å². The lowest BCUT2D eigenvalue weighted by Gasteiger charge is -2.12. The van der Waals surface area contributed by atoms with Gasteiger partial charge in [-0.1, -0.05) is 31.0 Å². The fourth-order valence-corrected chi connectivity index (χ4v) is 3.26. The number of amides is 1. The number of allylic oxidation sites excluding steroid dienone is 2. The van der Waals surface area contributed by atoms with Crippen molar-refractivity contribution in [2.75, 3.05) is 12.4 Å². The number of nitrogens with two attached hydrogens (primary N) is 1. The summed E-state index contributed by atoms with van der Waals surface area (Å²) < 4.78 is 48.6. The van der Waals surface area contributed by atoms with E-state index in [2.05, 4.69) is 22.9 Å². The van der Waals surface area contributed by atoms with Crippen LogP contribution in [-0.2, 0) is 4.74 Å². The monoisotopic (exact) mass is 453 g/mol. The molecule has 0 atom stereocenters. The molecule has 1 aromatic heterocycles. The number of primary amides is 1. The molecule has 1 amide bonds. The third-order valence-corrected chi connectivity index (χ3v) is 4.69. The Hall–Kier alpha value is -3.14. The van der Waals surface area contributed by atoms with Gasteiger partial charge in [-0.3, -0.25) is 9.36 Å². The minimum atomic E-state index is -4.86. The van der Waals surface area contributed by atoms with Crippen LogP contribution in [0, 0.1) is 0 Å². The number of aliphatic imine (C=N–C) groups is 1. The Morgan fingerprint density at radius 2 is 2.03 bits per heavy atom. The van der Waals surface area contributed by atoms with Gasteiger partial charge in [0, 0.05) is 11.5 Å². The Morgan fingerprint density at radius 3 is 2.61 bits per heavy atom. The first kappa shape index (κ1) is 24.1. The van der Waals surface area contributed by atoms with E-state index in [-0.39, 0.29) is 17.0 Å². The Labute approximate surface area is 181 Å². The number of halogens is 3. The number of nitrogens with zero attached hydrogens (tertiary/aromatic N) is 2. The molecule has 0 saturated heterocycles. The first-order chi connectivity index (χ1) is 14.6. The largest absolute Gasteiger partial charge is 0.573 e. The summed E-state index contributed by atoms with van der Waals surface area (Å²) in [5.41, 5.74) is 5.83. The summed E-state index contributed by atoms with van der Waals surface area (Å²) in [5.74, 6) is 0.00788. The van der Waals surface area contributed by atoms with Crippen LogP contribution in [0.4, 0.5) is 13.2 Å². The molecular weight excluding hydrogens is 431 g/mol. The van der Waals surface area contributed by atoms with Crippen molar-refractivity contribution in [1.29, 1.82) is 0 Å². The Bertz CT molecular complexity index is 1060. The van der Waals surface area contributed by atoms with Crippen molar-refractivity contribution in [2.24, 2.45) is 10.7 Å². The van der Waals surface area contributed by atoms with Gasteiger partial charge in [0.1, 0.15) is 17.3 Å². The van der Waals surface area contributed by atoms with Crippen LogP contribution in [0.3, 0.4) is 0 Å². The van der Waals surface area contributed by atoms with E-state index in [0.29, 0.717) is 28.5 Å². The van der Waals surface area contributed by atoms with E-state index in [1.165, 1.54) is 34.5 Å². The number of hydrogen-bond acceptors (Lipinski definition) is 5. The zero-order valence-electron chi connectivity index (χ0n) is 17.0. The number of thioether (sulfide) groups is 1. The number of carbonyl (C=O) groups is 1. The zero-order chi connectivity index (χ0) is 23.2. The highest BCUT2D eigenvalue weighted by molar-refractivity contribution is 8.03. The highest BCUT2D eigenvalue weighted by Gasteiger charge is 2.31. The zero-order valence-corrected chi connectivity index (χ0v) is 17.8. The van der Waals surface area contributed by atoms with Crippen LogP contribution in [0.15, 0.2) is 65.4 Å². The molecule has 0 unspecified atom stereocenters. The molecule has 1 heterocycles. The number of alkyl halides is 3. The molecule has 6 nitrogen and oxygen atoms in total. The van der Waals surface area contributed by atoms with E-state index in [1.807, 2.05) is 6.92 Å². The highest BCUT2D eigenvalue weighted by atomic mass is 32.2. The third kappa shape index (κ3) is 6.68. The van der Waals surface area contributed by atoms with Gasteiger partial charge in [0.25, 0.3) is 5.91 Å². The maximum atomic E-state index is 12.7. The topological polar surface area (TPSA) is 78.8 Å². The van der Waals surface area contributed by atoms with Crippen molar-refractivity contribution in [3.8, 4) is 5.75 Å². The van der Waals surface area contributed by atoms with E-state index in [9.17, 15) is 18.0 Å². The molecule has 0 spiro atoms. The maximum absolute atomic E-state index is 12.7. The van der Waals surface area contributed by atoms with Gasteiger partial charge in [0.2, 0.25) is 0 Å². The second kappa shape index (κ2) is 10.3. The number of ether oxygens (including phenoxy) is 2. The first-order valence-electron chi connectivity index (χ1n) is 9.10. The SMILES string of the molecule is C=C(CSC(=C)N=C(/C=C\C)n1c(C(N)=O)cc2ccc(OC(F)(F)F)cc21)OCC. The van der Waals surface area contributed by atoms with Gasteiger partial charge < -0.3 is 15.2 Å². The van der Waals surface area contributed by atoms with Crippen LogP contribution >= 0.6 is 11.8 Å². The molecule has 10 heteroatoms. The van der Waals surface area contributed by atoms with Gasteiger partial charge in [0.15, 0.2) is 0 Å². The number of rotatable bonds is 9. The molecule has 0 aliphatic heterocycles. The van der Waals surface area contributed by atoms with E-state index in [0.717, 1.165) is 6.07 Å². The molecule has 0 saturated carbocycles. The number of hydrogen-bond donors (Lipinski definition) is 1. The normalized spacial score (nSPS) is 12.4. The molecule has 2 rings (SSSR count). The van der Waals surface area contributed by atoms with Crippen molar-refractivity contribution in [3.05, 3.63) is 66.1 Å². The summed E-state index contributed by atoms with van der Waals surface area (Å²) in [6, 6.07) is 5.20. The van der Waals surface area contributed by atoms with Gasteiger partial charge in [-0.05, 0) is 38.1 Å². The summed E-state index contributed by atoms with van der Waals surface area (Å²) in [6.07, 6.45) is -1.60. The van der Waals surface area contributed by atoms with Gasteiger partial charge in [-0.25, -0.2) is 4.99 Å². The molecule has 2 N–H and O–H groups in total. The van der Waals surface area contributed by atoms with E-state index in [4.69, 9.17) is 10.5 Å². The number of benzene rings is 1. The van der Waals surface area contributed by atoms with E-state index < -0.39 is 18.0 Å². The number of aromatic nitrogens is 1. The molecule has 0 aliphatic carbocycles. The predicted octanol–water partition coefficient (Wildman–Crippen LogP) is 5.22. The summed E-state index contributed by atoms with van der Waals surface area (Å²) in [5, 5.41) is 0.873. The second-order valence-electron chi connectivity index (χ2n) is 6.12. The predicted molar refractivity (Wildman–Crippen MR) is 117 cm³/mol. The Kier molecular flexibility index (Phi) is 7.98. The smallest absolute Gasteiger partial charge is 0.498 e. The minimum Gasteiger partial charge on any atom is -0.498 e. The van der Waals surface area contributed by atoms with Crippen LogP contribution in [0.5, 0.6) is 5.75 Å². The Morgan fingerprint density at radius 1 is 1.32 bits per heavy atom. The van der Waals surface area contributed by atoms with Crippen molar-refractivity contribution < 1.29 is 27.4 Å². The lowest BCUT2D eigenvalue weighted by atomic mass is 10.2. The molecule has 166 valence electrons. The first-order valence-corrected chi connectivity index (χ1v) is 10.1. The summed E-state index contributed by atoms with van der Waals surface area (Å²) in [7, 11) is 0. The van der Waals surface area contributed by atoms with Crippen LogP contribution in [0.2, 0.25) is 0 Å². The quantitative estimate of drug-likeness (QED) is 0.321. The molecule has 0 radical (unpaired) electrons. The van der Waals surface area contributed by atoms with Gasteiger partial charge >= 0.3 is 6.36 Å². The summed E-state index contributed by atoms with van der Waals surface area (Å²) in [4.78, 5) is 16.5. The van der Waals surface area contributed by atoms with Crippen molar-refractivity contribution in [2.45, 2.75) is 20.2 Å². The van der Waals surface area contributed by atoms with Crippen LogP contribution in [0.25, 0.3) is 10.9 Å². The Balaban J connectivity index is 2.54. The lowest BCUT2D eigenvalue weighted by Crippen LogP contribution is -2.21. The molecule has 0 aliphatic rings. The fraction of sp³-hybridized carbons (Fsp3) is 0.238. The van der Waals surface area contributed by atoms with Gasteiger partial charge in [0.05, 0.1) is 28.7 Å². The highest BCUT2D eigenvalue weighted by Crippen LogP contribution is 2.29. The molecular formula is C21H22F3N3O3S. The van der Waals surface area contributed by atoms with Crippen LogP contribution < -0.4 is 10.5 Å². The van der Waals surface area contributed by atoms with Gasteiger partial charge in [-0.15, -0.1) is 13.2 Å². The standard InChI is InChI=1S/C21H22F3N3O3S/c1-5-7-19(26-14(4)31-12-13(3)29-6-2)27-17-11-16(30-21(22,23)24)9-8-15(17)10-18(27)20(25)28/h5,7-11H,3-4,6,12H2,1-2H3,(H2,25,28)/b7-5-,26-19?. The van der Waals surface area contributed by atoms with Crippen LogP contribution in [0.1, 0.15) is 24.3 Å². The molecule has 2 aromatic rings. The number of carbonyl (C=O) groups excluding carboxylic acids is 1. The van der Waals surface area contributed by atoms with Crippen molar-refractivity contribution >= 4 is 34.4 Å². The summed E-state index contributed by atoms with van der Waals surface area (Å²) >= 11 is 1.26. The maximum Gasteiger partial charge on any atom is 0.573 e. The minimum absolute atomic E-state index is 0.0486. The fourth-order valence-electron chi connectivity index (χ4n) is 2.69. The van der Waals surface area contributed by atoms with E-state index in [1.54, 1.807) is 19.1 Å². The molecule has 31 heavy (non-hydrogen) atoms. The van der Waals surface area contributed by atoms with Crippen LogP contribution in [-0.4, -0.2) is 35.0 Å². The summed E-state index contributed by atoms with van der Waals surface area (Å²) in [6.45, 7) is 11.7. The average Bonchev–Trinajstić information content (AvgIpc) is 3.04. The molecule has 1 aromatic carbocycles. The molecule has 0 fully saturated rings. The van der Waals surface area contributed by atoms with Crippen molar-refractivity contribution in [3.63, 3.8) is 0 Å². The van der Waals surface area contributed by atoms with Crippen molar-refractivity contribution in [1.82, 2.24) is 4.57 Å².